The van der Waals surface area contributed by atoms with Gasteiger partial charge in [0.25, 0.3) is 0 Å². The van der Waals surface area contributed by atoms with Gasteiger partial charge < -0.3 is 114 Å². The topological polar surface area (TPSA) is 377 Å². The molecule has 16 unspecified atom stereocenters. The summed E-state index contributed by atoms with van der Waals surface area (Å²) >= 11 is 0. The van der Waals surface area contributed by atoms with Gasteiger partial charge in [0.2, 0.25) is 0 Å². The van der Waals surface area contributed by atoms with E-state index in [1.807, 2.05) is 6.08 Å². The van der Waals surface area contributed by atoms with E-state index in [2.05, 4.69) is 39.8 Å². The Balaban J connectivity index is 1.04. The Hall–Kier alpha value is -1.44. The average molecular weight is 1050 g/mol. The maximum absolute atomic E-state index is 12.3. The highest BCUT2D eigenvalue weighted by Gasteiger charge is 2.64. The number of allylic oxidation sites excluding steroid dienone is 2. The SMILES string of the molecule is CC(C)C/C=C/C(CO)C1CC(O)C2[C@@H]3CC=C4[C@@H](O)[C@@H](O[C@@H]5OC(CO)[C@@H](O[C@@H]6OC(CO)[C@H](O)C(O)C6O)C(O[C@@H]6OC[C@@H](O)C(O)C6O[C@H]6OC(CO)[C@H](O)C(O)C6O)C5O)CC[C@]4(C)C3CC[C@]12C. The summed E-state index contributed by atoms with van der Waals surface area (Å²) in [5.41, 5.74) is 0.0355. The third-order valence-corrected chi connectivity index (χ3v) is 18.0. The normalized spacial score (nSPS) is 51.9. The fourth-order valence-electron chi connectivity index (χ4n) is 14.0. The zero-order valence-corrected chi connectivity index (χ0v) is 41.9. The van der Waals surface area contributed by atoms with Crippen LogP contribution in [-0.4, -0.2) is 245 Å². The third-order valence-electron chi connectivity index (χ3n) is 18.0. The summed E-state index contributed by atoms with van der Waals surface area (Å²) in [7, 11) is 0. The molecule has 73 heavy (non-hydrogen) atoms. The molecule has 0 radical (unpaired) electrons. The smallest absolute Gasteiger partial charge is 0.187 e. The number of hydrogen-bond acceptors (Lipinski definition) is 23. The minimum absolute atomic E-state index is 0.00289. The molecule has 15 N–H and O–H groups in total. The van der Waals surface area contributed by atoms with Crippen LogP contribution in [0.2, 0.25) is 0 Å². The molecular formula is C50H82O23. The Bertz CT molecular complexity index is 1860. The predicted molar refractivity (Wildman–Crippen MR) is 248 cm³/mol. The van der Waals surface area contributed by atoms with E-state index in [0.717, 1.165) is 24.8 Å². The Morgan fingerprint density at radius 3 is 1.79 bits per heavy atom. The average Bonchev–Trinajstić information content (AvgIpc) is 3.64. The summed E-state index contributed by atoms with van der Waals surface area (Å²) in [4.78, 5) is 0. The van der Waals surface area contributed by atoms with Crippen molar-refractivity contribution in [2.24, 2.45) is 46.3 Å². The van der Waals surface area contributed by atoms with Gasteiger partial charge in [-0.05, 0) is 90.9 Å². The lowest BCUT2D eigenvalue weighted by Gasteiger charge is -2.59. The lowest BCUT2D eigenvalue weighted by molar-refractivity contribution is -0.397. The molecule has 0 bridgehead atoms. The Morgan fingerprint density at radius 2 is 1.21 bits per heavy atom. The van der Waals surface area contributed by atoms with Crippen LogP contribution in [0.1, 0.15) is 72.6 Å². The van der Waals surface area contributed by atoms with Crippen molar-refractivity contribution in [3.63, 3.8) is 0 Å². The van der Waals surface area contributed by atoms with Crippen molar-refractivity contribution < 1.29 is 114 Å². The third kappa shape index (κ3) is 10.9. The number of aliphatic hydroxyl groups is 15. The lowest BCUT2D eigenvalue weighted by atomic mass is 9.46. The maximum atomic E-state index is 12.3. The van der Waals surface area contributed by atoms with Crippen LogP contribution >= 0.6 is 0 Å². The van der Waals surface area contributed by atoms with E-state index >= 15 is 0 Å². The molecule has 4 aliphatic carbocycles. The highest BCUT2D eigenvalue weighted by atomic mass is 16.8. The molecule has 4 saturated heterocycles. The Labute approximate surface area is 424 Å². The molecule has 8 aliphatic rings. The first-order valence-corrected chi connectivity index (χ1v) is 26.1. The molecule has 420 valence electrons. The number of fused-ring (bicyclic) bond motifs is 5. The molecule has 0 aromatic rings. The van der Waals surface area contributed by atoms with E-state index in [1.165, 1.54) is 0 Å². The van der Waals surface area contributed by atoms with E-state index < -0.39 is 167 Å². The highest BCUT2D eigenvalue weighted by molar-refractivity contribution is 5.30. The minimum Gasteiger partial charge on any atom is -0.396 e. The van der Waals surface area contributed by atoms with Crippen molar-refractivity contribution in [1.29, 1.82) is 0 Å². The maximum Gasteiger partial charge on any atom is 0.187 e. The monoisotopic (exact) mass is 1050 g/mol. The van der Waals surface area contributed by atoms with E-state index in [4.69, 9.17) is 37.9 Å². The first-order valence-electron chi connectivity index (χ1n) is 26.1. The highest BCUT2D eigenvalue weighted by Crippen LogP contribution is 2.67. The molecule has 4 aliphatic heterocycles. The number of aliphatic hydroxyl groups excluding tert-OH is 15. The van der Waals surface area contributed by atoms with Gasteiger partial charge in [0.1, 0.15) is 97.7 Å². The second-order valence-electron chi connectivity index (χ2n) is 22.8. The van der Waals surface area contributed by atoms with E-state index in [-0.39, 0.29) is 48.0 Å². The van der Waals surface area contributed by atoms with Crippen molar-refractivity contribution in [3.05, 3.63) is 23.8 Å². The fourth-order valence-corrected chi connectivity index (χ4v) is 14.0. The van der Waals surface area contributed by atoms with Crippen molar-refractivity contribution >= 4 is 0 Å². The molecule has 0 spiro atoms. The standard InChI is InChI=1S/C50H82O23/c1-20(2)6-5-7-21(15-51)25-14-26(55)32-22-8-9-24-33(57)28(11-13-49(24,3)23(22)10-12-50(25,32)4)67-47-41(65)43(42(31(18-54)70-47)71-45-39(63)37(61)35(59)29(16-52)68-45)72-48-44(34(58)27(56)19-66-48)73-46-40(64)38(62)36(60)30(17-53)69-46/h5,7,9,20-23,25-48,51-65H,6,8,10-19H2,1-4H3/b7-5+/t21?,22-,23?,25?,26?,27-,28+,29?,30?,31?,32?,33-,34?,35+,36+,37?,38?,39?,40?,41?,42-,43?,44?,45+,46-,47-,48+,49-,50-/m1/s1. The van der Waals surface area contributed by atoms with Crippen LogP contribution in [0, 0.1) is 46.3 Å². The molecule has 0 amide bonds. The van der Waals surface area contributed by atoms with Gasteiger partial charge in [-0.25, -0.2) is 0 Å². The first kappa shape index (κ1) is 57.7. The minimum atomic E-state index is -1.98. The molecule has 4 heterocycles. The second kappa shape index (κ2) is 23.5. The van der Waals surface area contributed by atoms with E-state index in [1.54, 1.807) is 0 Å². The molecule has 29 atom stereocenters. The summed E-state index contributed by atoms with van der Waals surface area (Å²) in [6.07, 6.45) is -25.8. The Morgan fingerprint density at radius 1 is 0.630 bits per heavy atom. The van der Waals surface area contributed by atoms with Crippen LogP contribution in [0.3, 0.4) is 0 Å². The van der Waals surface area contributed by atoms with Crippen LogP contribution in [0.4, 0.5) is 0 Å². The summed E-state index contributed by atoms with van der Waals surface area (Å²) in [5.74, 6) is 0.682. The molecule has 23 heteroatoms. The van der Waals surface area contributed by atoms with E-state index in [9.17, 15) is 76.6 Å². The summed E-state index contributed by atoms with van der Waals surface area (Å²) in [6, 6.07) is 0. The molecule has 23 nitrogen and oxygen atoms in total. The van der Waals surface area contributed by atoms with Crippen molar-refractivity contribution in [1.82, 2.24) is 0 Å². The largest absolute Gasteiger partial charge is 0.396 e. The van der Waals surface area contributed by atoms with Gasteiger partial charge in [-0.15, -0.1) is 0 Å². The fraction of sp³-hybridized carbons (Fsp3) is 0.920. The van der Waals surface area contributed by atoms with Gasteiger partial charge >= 0.3 is 0 Å². The van der Waals surface area contributed by atoms with Crippen LogP contribution in [-0.2, 0) is 37.9 Å². The zero-order valence-electron chi connectivity index (χ0n) is 41.9. The molecular weight excluding hydrogens is 969 g/mol. The van der Waals surface area contributed by atoms with Crippen molar-refractivity contribution in [2.45, 2.75) is 208 Å². The molecule has 3 saturated carbocycles. The summed E-state index contributed by atoms with van der Waals surface area (Å²) in [6.45, 7) is 5.56. The van der Waals surface area contributed by atoms with Crippen LogP contribution in [0.25, 0.3) is 0 Å². The first-order chi connectivity index (χ1) is 34.6. The van der Waals surface area contributed by atoms with Gasteiger partial charge in [-0.3, -0.25) is 0 Å². The van der Waals surface area contributed by atoms with Gasteiger partial charge in [-0.2, -0.15) is 0 Å². The van der Waals surface area contributed by atoms with Crippen LogP contribution in [0.5, 0.6) is 0 Å². The molecule has 7 fully saturated rings. The number of ether oxygens (including phenoxy) is 8. The molecule has 0 aromatic heterocycles. The molecule has 0 aromatic carbocycles. The zero-order chi connectivity index (χ0) is 53.0. The molecule has 8 rings (SSSR count). The van der Waals surface area contributed by atoms with Gasteiger partial charge in [0, 0.05) is 12.5 Å². The van der Waals surface area contributed by atoms with Crippen LogP contribution in [0.15, 0.2) is 23.8 Å². The quantitative estimate of drug-likeness (QED) is 0.0656. The number of rotatable bonds is 16. The van der Waals surface area contributed by atoms with Gasteiger partial charge in [0.15, 0.2) is 25.2 Å². The lowest BCUT2D eigenvalue weighted by Crippen LogP contribution is -2.67. The van der Waals surface area contributed by atoms with Gasteiger partial charge in [-0.1, -0.05) is 45.9 Å². The second-order valence-corrected chi connectivity index (χ2v) is 22.8. The Kier molecular flexibility index (Phi) is 18.6. The van der Waals surface area contributed by atoms with Crippen molar-refractivity contribution in [3.8, 4) is 0 Å². The summed E-state index contributed by atoms with van der Waals surface area (Å²) in [5, 5.41) is 163. The number of hydrogen-bond donors (Lipinski definition) is 15. The van der Waals surface area contributed by atoms with Gasteiger partial charge in [0.05, 0.1) is 38.6 Å². The summed E-state index contributed by atoms with van der Waals surface area (Å²) < 4.78 is 47.7. The van der Waals surface area contributed by atoms with Crippen LogP contribution < -0.4 is 0 Å². The van der Waals surface area contributed by atoms with Crippen molar-refractivity contribution in [2.75, 3.05) is 33.0 Å². The van der Waals surface area contributed by atoms with E-state index in [0.29, 0.717) is 25.2 Å². The predicted octanol–water partition coefficient (Wildman–Crippen LogP) is -3.99.